The molecule has 4 fully saturated rings. The highest BCUT2D eigenvalue weighted by atomic mass is 16.5. The molecule has 0 heterocycles. The van der Waals surface area contributed by atoms with Crippen LogP contribution in [-0.2, 0) is 4.74 Å². The van der Waals surface area contributed by atoms with E-state index >= 15 is 0 Å². The van der Waals surface area contributed by atoms with Crippen molar-refractivity contribution in [2.45, 2.75) is 105 Å². The number of ether oxygens (including phenoxy) is 1. The monoisotopic (exact) mass is 543 g/mol. The molecule has 0 bridgehead atoms. The molecule has 40 heavy (non-hydrogen) atoms. The van der Waals surface area contributed by atoms with Gasteiger partial charge in [-0.3, -0.25) is 0 Å². The molecular formula is C37H53NO2. The molecule has 2 N–H and O–H groups in total. The summed E-state index contributed by atoms with van der Waals surface area (Å²) in [7, 11) is 1.45. The highest BCUT2D eigenvalue weighted by Crippen LogP contribution is 2.76. The number of carbonyl (C=O) groups excluding carboxylic acids is 1. The first-order chi connectivity index (χ1) is 18.7. The first-order valence-electron chi connectivity index (χ1n) is 16.1. The quantitative estimate of drug-likeness (QED) is 0.306. The summed E-state index contributed by atoms with van der Waals surface area (Å²) in [6, 6.07) is 8.10. The van der Waals surface area contributed by atoms with Gasteiger partial charge in [0.1, 0.15) is 0 Å². The number of carbonyl (C=O) groups is 1. The third kappa shape index (κ3) is 3.61. The zero-order valence-electron chi connectivity index (χ0n) is 26.2. The Bertz CT molecular complexity index is 1240. The smallest absolute Gasteiger partial charge is 0.337 e. The van der Waals surface area contributed by atoms with Gasteiger partial charge in [0, 0.05) is 5.54 Å². The standard InChI is InChI=1S/C37H53NO2/c1-23(2)26-15-20-37(38)22-21-35(6)28(31(26)37)13-14-30-34(5)18-16-27(24-9-11-25(12-10-24)32(39)40-8)33(3,4)29(34)17-19-36(30,35)7/h9-12,16,26,28-31H,1,13-15,17-22,38H2,2-8H3/t26-,28+,29-,30+,31+,34-,35+,36?,37-/m0/s1. The van der Waals surface area contributed by atoms with Gasteiger partial charge in [-0.2, -0.15) is 0 Å². The average Bonchev–Trinajstić information content (AvgIpc) is 3.26. The van der Waals surface area contributed by atoms with Crippen LogP contribution in [0.1, 0.15) is 115 Å². The third-order valence-corrected chi connectivity index (χ3v) is 14.3. The first kappa shape index (κ1) is 28.3. The Labute approximate surface area is 243 Å². The minimum atomic E-state index is -0.270. The predicted molar refractivity (Wildman–Crippen MR) is 165 cm³/mol. The van der Waals surface area contributed by atoms with Crippen LogP contribution in [0.3, 0.4) is 0 Å². The average molecular weight is 544 g/mol. The van der Waals surface area contributed by atoms with Gasteiger partial charge >= 0.3 is 5.97 Å². The molecule has 5 aliphatic carbocycles. The summed E-state index contributed by atoms with van der Waals surface area (Å²) in [4.78, 5) is 12.0. The lowest BCUT2D eigenvalue weighted by molar-refractivity contribution is -0.217. The Morgan fingerprint density at radius 2 is 1.60 bits per heavy atom. The highest BCUT2D eigenvalue weighted by molar-refractivity contribution is 5.89. The van der Waals surface area contributed by atoms with Crippen LogP contribution < -0.4 is 5.73 Å². The minimum Gasteiger partial charge on any atom is -0.465 e. The lowest BCUT2D eigenvalue weighted by Gasteiger charge is -2.72. The van der Waals surface area contributed by atoms with E-state index in [4.69, 9.17) is 10.5 Å². The fourth-order valence-corrected chi connectivity index (χ4v) is 12.2. The van der Waals surface area contributed by atoms with E-state index in [9.17, 15) is 4.79 Å². The maximum absolute atomic E-state index is 12.0. The van der Waals surface area contributed by atoms with Crippen molar-refractivity contribution in [3.05, 3.63) is 53.6 Å². The predicted octanol–water partition coefficient (Wildman–Crippen LogP) is 8.84. The largest absolute Gasteiger partial charge is 0.465 e. The maximum atomic E-state index is 12.0. The molecule has 1 aromatic carbocycles. The van der Waals surface area contributed by atoms with Crippen LogP contribution in [0, 0.1) is 51.2 Å². The molecule has 5 aliphatic rings. The van der Waals surface area contributed by atoms with Gasteiger partial charge in [-0.1, -0.05) is 65.0 Å². The van der Waals surface area contributed by atoms with Crippen molar-refractivity contribution in [3.8, 4) is 0 Å². The molecule has 6 rings (SSSR count). The molecular weight excluding hydrogens is 490 g/mol. The van der Waals surface area contributed by atoms with E-state index in [1.165, 1.54) is 75.2 Å². The number of fused-ring (bicyclic) bond motifs is 7. The minimum absolute atomic E-state index is 0.0198. The summed E-state index contributed by atoms with van der Waals surface area (Å²) in [5, 5.41) is 0. The molecule has 0 radical (unpaired) electrons. The van der Waals surface area contributed by atoms with Gasteiger partial charge in [-0.25, -0.2) is 4.79 Å². The second-order valence-electron chi connectivity index (χ2n) is 16.0. The lowest BCUT2D eigenvalue weighted by atomic mass is 9.33. The van der Waals surface area contributed by atoms with Crippen LogP contribution in [0.4, 0.5) is 0 Å². The SMILES string of the molecule is C=C(C)[C@@H]1CC[C@]2(N)CC[C@]3(C)[C@H](CC[C@H]4C3(C)CC[C@H]3C(C)(C)C(c5ccc(C(=O)OC)cc5)=CC[C@@]34C)[C@@H]12. The third-order valence-electron chi connectivity index (χ3n) is 14.3. The van der Waals surface area contributed by atoms with E-state index in [1.54, 1.807) is 0 Å². The molecule has 1 unspecified atom stereocenters. The fraction of sp³-hybridized carbons (Fsp3) is 0.703. The number of methoxy groups -OCH3 is 1. The van der Waals surface area contributed by atoms with E-state index < -0.39 is 0 Å². The van der Waals surface area contributed by atoms with Crippen molar-refractivity contribution >= 4 is 11.5 Å². The van der Waals surface area contributed by atoms with Crippen LogP contribution in [0.25, 0.3) is 5.57 Å². The molecule has 1 aromatic rings. The molecule has 4 saturated carbocycles. The van der Waals surface area contributed by atoms with Gasteiger partial charge in [-0.05, 0) is 139 Å². The van der Waals surface area contributed by atoms with Gasteiger partial charge in [0.15, 0.2) is 0 Å². The first-order valence-corrected chi connectivity index (χ1v) is 16.1. The zero-order chi connectivity index (χ0) is 28.9. The van der Waals surface area contributed by atoms with E-state index in [1.807, 2.05) is 12.1 Å². The normalized spacial score (nSPS) is 45.3. The molecule has 9 atom stereocenters. The summed E-state index contributed by atoms with van der Waals surface area (Å²) in [6.45, 7) is 19.8. The van der Waals surface area contributed by atoms with Gasteiger partial charge in [0.05, 0.1) is 12.7 Å². The van der Waals surface area contributed by atoms with Crippen LogP contribution >= 0.6 is 0 Å². The van der Waals surface area contributed by atoms with Crippen molar-refractivity contribution in [2.75, 3.05) is 7.11 Å². The van der Waals surface area contributed by atoms with Crippen molar-refractivity contribution < 1.29 is 9.53 Å². The van der Waals surface area contributed by atoms with E-state index in [0.717, 1.165) is 12.3 Å². The van der Waals surface area contributed by atoms with Crippen LogP contribution in [0.2, 0.25) is 0 Å². The van der Waals surface area contributed by atoms with Crippen LogP contribution in [0.5, 0.6) is 0 Å². The molecule has 0 aliphatic heterocycles. The Hall–Kier alpha value is -1.87. The van der Waals surface area contributed by atoms with E-state index in [0.29, 0.717) is 45.5 Å². The molecule has 3 nitrogen and oxygen atoms in total. The summed E-state index contributed by atoms with van der Waals surface area (Å²) in [5.41, 5.74) is 13.0. The number of benzene rings is 1. The topological polar surface area (TPSA) is 52.3 Å². The molecule has 0 spiro atoms. The lowest BCUT2D eigenvalue weighted by Crippen LogP contribution is -2.67. The van der Waals surface area contributed by atoms with E-state index in [2.05, 4.69) is 66.3 Å². The summed E-state index contributed by atoms with van der Waals surface area (Å²) >= 11 is 0. The second-order valence-corrected chi connectivity index (χ2v) is 16.0. The molecule has 3 heteroatoms. The van der Waals surface area contributed by atoms with Gasteiger partial charge in [-0.15, -0.1) is 0 Å². The number of esters is 1. The highest BCUT2D eigenvalue weighted by Gasteiger charge is 2.70. The van der Waals surface area contributed by atoms with Gasteiger partial charge < -0.3 is 10.5 Å². The molecule has 0 amide bonds. The van der Waals surface area contributed by atoms with Crippen molar-refractivity contribution in [2.24, 2.45) is 57.0 Å². The Morgan fingerprint density at radius 3 is 2.25 bits per heavy atom. The Morgan fingerprint density at radius 1 is 0.900 bits per heavy atom. The summed E-state index contributed by atoms with van der Waals surface area (Å²) < 4.78 is 4.93. The Kier molecular flexibility index (Phi) is 6.40. The van der Waals surface area contributed by atoms with Crippen molar-refractivity contribution in [1.82, 2.24) is 0 Å². The molecule has 218 valence electrons. The van der Waals surface area contributed by atoms with Crippen LogP contribution in [-0.4, -0.2) is 18.6 Å². The van der Waals surface area contributed by atoms with E-state index in [-0.39, 0.29) is 16.9 Å². The fourth-order valence-electron chi connectivity index (χ4n) is 12.2. The second kappa shape index (κ2) is 9.06. The number of hydrogen-bond donors (Lipinski definition) is 1. The van der Waals surface area contributed by atoms with Gasteiger partial charge in [0.25, 0.3) is 0 Å². The summed E-state index contributed by atoms with van der Waals surface area (Å²) in [6.07, 6.45) is 13.9. The number of hydrogen-bond acceptors (Lipinski definition) is 3. The van der Waals surface area contributed by atoms with Crippen molar-refractivity contribution in [1.29, 1.82) is 0 Å². The summed E-state index contributed by atoms with van der Waals surface area (Å²) in [5.74, 6) is 3.03. The molecule has 0 saturated heterocycles. The molecule has 0 aromatic heterocycles. The van der Waals surface area contributed by atoms with Crippen LogP contribution in [0.15, 0.2) is 42.5 Å². The number of allylic oxidation sites excluding steroid dienone is 3. The maximum Gasteiger partial charge on any atom is 0.337 e. The number of rotatable bonds is 3. The number of nitrogens with two attached hydrogens (primary N) is 1. The van der Waals surface area contributed by atoms with Crippen molar-refractivity contribution in [3.63, 3.8) is 0 Å². The van der Waals surface area contributed by atoms with Gasteiger partial charge in [0.2, 0.25) is 0 Å². The Balaban J connectivity index is 1.34. The zero-order valence-corrected chi connectivity index (χ0v) is 26.2.